The zero-order valence-corrected chi connectivity index (χ0v) is 7.12. The van der Waals surface area contributed by atoms with Crippen molar-refractivity contribution in [1.29, 1.82) is 0 Å². The first kappa shape index (κ1) is 9.09. The Morgan fingerprint density at radius 2 is 2.42 bits per heavy atom. The number of nitrogen functional groups attached to an aromatic ring is 1. The van der Waals surface area contributed by atoms with Crippen molar-refractivity contribution in [2.45, 2.75) is 0 Å². The second-order valence-electron chi connectivity index (χ2n) is 2.17. The first-order valence-corrected chi connectivity index (χ1v) is 3.81. The van der Waals surface area contributed by atoms with E-state index >= 15 is 0 Å². The van der Waals surface area contributed by atoms with Gasteiger partial charge >= 0.3 is 0 Å². The van der Waals surface area contributed by atoms with Crippen LogP contribution in [0.3, 0.4) is 0 Å². The van der Waals surface area contributed by atoms with Gasteiger partial charge in [-0.25, -0.2) is 4.98 Å². The number of hydrogen-bond acceptors (Lipinski definition) is 3. The standard InChI is InChI=1S/C7H9ClN3O/c8-6-3-5(10-1-2-12)4-11-7(6)9/h3-4,12H,1-2H2,(H2,9,11). The molecule has 0 saturated heterocycles. The quantitative estimate of drug-likeness (QED) is 0.724. The monoisotopic (exact) mass is 186 g/mol. The van der Waals surface area contributed by atoms with E-state index in [-0.39, 0.29) is 6.61 Å². The topological polar surface area (TPSA) is 73.2 Å². The zero-order valence-electron chi connectivity index (χ0n) is 6.37. The fourth-order valence-electron chi connectivity index (χ4n) is 0.704. The van der Waals surface area contributed by atoms with Crippen LogP contribution in [0.2, 0.25) is 5.02 Å². The molecular weight excluding hydrogens is 178 g/mol. The maximum atomic E-state index is 8.48. The second kappa shape index (κ2) is 4.13. The van der Waals surface area contributed by atoms with E-state index in [1.165, 1.54) is 6.20 Å². The minimum absolute atomic E-state index is 0.0159. The third-order valence-electron chi connectivity index (χ3n) is 1.25. The first-order valence-electron chi connectivity index (χ1n) is 3.43. The molecule has 5 heteroatoms. The molecule has 0 bridgehead atoms. The van der Waals surface area contributed by atoms with Gasteiger partial charge in [-0.1, -0.05) is 11.6 Å². The Labute approximate surface area is 75.4 Å². The summed E-state index contributed by atoms with van der Waals surface area (Å²) < 4.78 is 0. The lowest BCUT2D eigenvalue weighted by molar-refractivity contribution is 0.298. The molecule has 0 fully saturated rings. The van der Waals surface area contributed by atoms with Gasteiger partial charge in [0.05, 0.1) is 30.1 Å². The number of nitrogens with two attached hydrogens (primary N) is 1. The summed E-state index contributed by atoms with van der Waals surface area (Å²) in [5.74, 6) is 0.291. The lowest BCUT2D eigenvalue weighted by atomic mass is 10.4. The molecule has 65 valence electrons. The highest BCUT2D eigenvalue weighted by Gasteiger charge is 1.99. The minimum atomic E-state index is 0.0159. The summed E-state index contributed by atoms with van der Waals surface area (Å²) in [6.07, 6.45) is 1.51. The van der Waals surface area contributed by atoms with Crippen LogP contribution in [0.5, 0.6) is 0 Å². The molecule has 1 heterocycles. The van der Waals surface area contributed by atoms with Crippen molar-refractivity contribution in [3.63, 3.8) is 0 Å². The van der Waals surface area contributed by atoms with E-state index in [0.29, 0.717) is 23.1 Å². The lowest BCUT2D eigenvalue weighted by Gasteiger charge is -2.01. The van der Waals surface area contributed by atoms with Crippen LogP contribution in [0.15, 0.2) is 12.3 Å². The minimum Gasteiger partial charge on any atom is -0.394 e. The van der Waals surface area contributed by atoms with Crippen molar-refractivity contribution in [1.82, 2.24) is 10.3 Å². The fourth-order valence-corrected chi connectivity index (χ4v) is 0.865. The van der Waals surface area contributed by atoms with Gasteiger partial charge in [0.2, 0.25) is 0 Å². The van der Waals surface area contributed by atoms with E-state index in [9.17, 15) is 0 Å². The van der Waals surface area contributed by atoms with E-state index in [0.717, 1.165) is 0 Å². The number of anilines is 1. The molecule has 0 spiro atoms. The fraction of sp³-hybridized carbons (Fsp3) is 0.286. The van der Waals surface area contributed by atoms with E-state index < -0.39 is 0 Å². The average Bonchev–Trinajstić information content (AvgIpc) is 2.07. The Kier molecular flexibility index (Phi) is 3.13. The molecule has 4 nitrogen and oxygen atoms in total. The molecule has 0 saturated carbocycles. The molecule has 12 heavy (non-hydrogen) atoms. The van der Waals surface area contributed by atoms with Crippen molar-refractivity contribution < 1.29 is 5.11 Å². The summed E-state index contributed by atoms with van der Waals surface area (Å²) in [5, 5.41) is 12.8. The van der Waals surface area contributed by atoms with Gasteiger partial charge in [0.15, 0.2) is 0 Å². The first-order chi connectivity index (χ1) is 5.74. The summed E-state index contributed by atoms with van der Waals surface area (Å²) in [6.45, 7) is 0.365. The Balaban J connectivity index is 2.69. The number of aliphatic hydroxyl groups is 1. The van der Waals surface area contributed by atoms with Crippen molar-refractivity contribution in [2.24, 2.45) is 0 Å². The zero-order chi connectivity index (χ0) is 8.97. The molecule has 0 unspecified atom stereocenters. The number of nitrogens with zero attached hydrogens (tertiary/aromatic N) is 2. The Morgan fingerprint density at radius 3 is 3.00 bits per heavy atom. The van der Waals surface area contributed by atoms with Crippen molar-refractivity contribution in [3.05, 3.63) is 17.3 Å². The molecule has 0 aliphatic carbocycles. The van der Waals surface area contributed by atoms with Crippen LogP contribution in [0.25, 0.3) is 0 Å². The van der Waals surface area contributed by atoms with Gasteiger partial charge in [-0.2, -0.15) is 0 Å². The van der Waals surface area contributed by atoms with Crippen LogP contribution in [-0.2, 0) is 0 Å². The van der Waals surface area contributed by atoms with Gasteiger partial charge in [-0.05, 0) is 6.07 Å². The predicted molar refractivity (Wildman–Crippen MR) is 47.4 cm³/mol. The van der Waals surface area contributed by atoms with Crippen LogP contribution in [0.1, 0.15) is 0 Å². The average molecular weight is 187 g/mol. The number of aromatic nitrogens is 1. The third-order valence-corrected chi connectivity index (χ3v) is 1.55. The molecule has 0 amide bonds. The number of hydrogen-bond donors (Lipinski definition) is 2. The maximum Gasteiger partial charge on any atom is 0.142 e. The molecule has 1 rings (SSSR count). The van der Waals surface area contributed by atoms with Crippen LogP contribution in [-0.4, -0.2) is 23.2 Å². The smallest absolute Gasteiger partial charge is 0.142 e. The van der Waals surface area contributed by atoms with E-state index in [4.69, 9.17) is 22.4 Å². The van der Waals surface area contributed by atoms with E-state index in [1.807, 2.05) is 0 Å². The molecule has 0 aliphatic rings. The van der Waals surface area contributed by atoms with Gasteiger partial charge in [-0.3, -0.25) is 5.32 Å². The van der Waals surface area contributed by atoms with E-state index in [2.05, 4.69) is 10.3 Å². The Hall–Kier alpha value is -1.00. The van der Waals surface area contributed by atoms with Gasteiger partial charge < -0.3 is 10.8 Å². The Morgan fingerprint density at radius 1 is 1.67 bits per heavy atom. The summed E-state index contributed by atoms with van der Waals surface area (Å²) in [7, 11) is 0. The summed E-state index contributed by atoms with van der Waals surface area (Å²) >= 11 is 5.68. The molecule has 1 aromatic heterocycles. The number of halogens is 1. The van der Waals surface area contributed by atoms with Gasteiger partial charge in [0.25, 0.3) is 0 Å². The van der Waals surface area contributed by atoms with Crippen LogP contribution < -0.4 is 11.1 Å². The highest BCUT2D eigenvalue weighted by Crippen LogP contribution is 2.19. The van der Waals surface area contributed by atoms with Gasteiger partial charge in [-0.15, -0.1) is 0 Å². The normalized spacial score (nSPS) is 9.83. The van der Waals surface area contributed by atoms with Gasteiger partial charge in [0, 0.05) is 0 Å². The highest BCUT2D eigenvalue weighted by atomic mass is 35.5. The van der Waals surface area contributed by atoms with Crippen molar-refractivity contribution in [3.8, 4) is 0 Å². The van der Waals surface area contributed by atoms with Crippen LogP contribution in [0, 0.1) is 0 Å². The molecule has 1 aromatic rings. The molecule has 0 atom stereocenters. The SMILES string of the molecule is Nc1ncc([N]CCO)cc1Cl. The summed E-state index contributed by atoms with van der Waals surface area (Å²) in [4.78, 5) is 3.80. The van der Waals surface area contributed by atoms with Gasteiger partial charge in [0.1, 0.15) is 5.82 Å². The number of rotatable bonds is 3. The molecule has 3 N–H and O–H groups in total. The molecule has 1 radical (unpaired) electrons. The number of pyridine rings is 1. The largest absolute Gasteiger partial charge is 0.394 e. The Bertz CT molecular complexity index is 267. The van der Waals surface area contributed by atoms with E-state index in [1.54, 1.807) is 6.07 Å². The van der Waals surface area contributed by atoms with Crippen LogP contribution >= 0.6 is 11.6 Å². The van der Waals surface area contributed by atoms with Crippen molar-refractivity contribution >= 4 is 23.1 Å². The van der Waals surface area contributed by atoms with Crippen LogP contribution in [0.4, 0.5) is 11.5 Å². The highest BCUT2D eigenvalue weighted by molar-refractivity contribution is 6.32. The third kappa shape index (κ3) is 2.25. The molecule has 0 aromatic carbocycles. The van der Waals surface area contributed by atoms with Crippen molar-refractivity contribution in [2.75, 3.05) is 18.9 Å². The predicted octanol–water partition coefficient (Wildman–Crippen LogP) is 0.545. The second-order valence-corrected chi connectivity index (χ2v) is 2.57. The number of aliphatic hydroxyl groups excluding tert-OH is 1. The lowest BCUT2D eigenvalue weighted by Crippen LogP contribution is -2.04. The summed E-state index contributed by atoms with van der Waals surface area (Å²) in [5.41, 5.74) is 6.01. The maximum absolute atomic E-state index is 8.48. The molecular formula is C7H9ClN3O. The summed E-state index contributed by atoms with van der Waals surface area (Å²) in [6, 6.07) is 1.61. The molecule has 0 aliphatic heterocycles.